The van der Waals surface area contributed by atoms with Crippen LogP contribution in [-0.2, 0) is 0 Å². The van der Waals surface area contributed by atoms with E-state index in [1.165, 1.54) is 12.3 Å². The summed E-state index contributed by atoms with van der Waals surface area (Å²) in [5.41, 5.74) is 0.510. The largest absolute Gasteiger partial charge is 0.434 e. The number of aromatic amines is 1. The van der Waals surface area contributed by atoms with Gasteiger partial charge in [-0.2, -0.15) is 18.6 Å². The fourth-order valence-corrected chi connectivity index (χ4v) is 3.22. The zero-order valence-corrected chi connectivity index (χ0v) is 15.1. The highest BCUT2D eigenvalue weighted by Crippen LogP contribution is 2.28. The normalized spacial score (nSPS) is 11.7. The monoisotopic (exact) mass is 397 g/mol. The van der Waals surface area contributed by atoms with Gasteiger partial charge in [0.2, 0.25) is 4.77 Å². The summed E-state index contributed by atoms with van der Waals surface area (Å²) in [6.07, 6.45) is 1.31. The molecule has 28 heavy (non-hydrogen) atoms. The lowest BCUT2D eigenvalue weighted by Crippen LogP contribution is -2.18. The first-order valence-corrected chi connectivity index (χ1v) is 8.70. The van der Waals surface area contributed by atoms with Gasteiger partial charge in [0.1, 0.15) is 5.75 Å². The van der Waals surface area contributed by atoms with Crippen LogP contribution in [0.2, 0.25) is 0 Å². The molecule has 0 radical (unpaired) electrons. The summed E-state index contributed by atoms with van der Waals surface area (Å²) in [6.45, 7) is -2.99. The predicted molar refractivity (Wildman–Crippen MR) is 107 cm³/mol. The summed E-state index contributed by atoms with van der Waals surface area (Å²) in [4.78, 5) is 15.6. The van der Waals surface area contributed by atoms with Gasteiger partial charge in [-0.05, 0) is 41.2 Å². The van der Waals surface area contributed by atoms with Crippen LogP contribution in [0.25, 0.3) is 21.7 Å². The van der Waals surface area contributed by atoms with Crippen molar-refractivity contribution in [1.29, 1.82) is 0 Å². The van der Waals surface area contributed by atoms with E-state index in [1.54, 1.807) is 42.5 Å². The average Bonchev–Trinajstić information content (AvgIpc) is 2.68. The Bertz CT molecular complexity index is 1330. The SMILES string of the molecule is O=c1c2ccccc2[nH]c(=S)n1N=Cc1c(OC(F)F)ccc2ccccc12. The van der Waals surface area contributed by atoms with Crippen LogP contribution < -0.4 is 10.3 Å². The highest BCUT2D eigenvalue weighted by Gasteiger charge is 2.12. The van der Waals surface area contributed by atoms with Crippen molar-refractivity contribution in [2.24, 2.45) is 5.10 Å². The van der Waals surface area contributed by atoms with Crippen LogP contribution in [0.3, 0.4) is 0 Å². The molecule has 1 aromatic heterocycles. The van der Waals surface area contributed by atoms with Gasteiger partial charge in [0.05, 0.1) is 17.1 Å². The van der Waals surface area contributed by atoms with E-state index in [0.29, 0.717) is 21.9 Å². The van der Waals surface area contributed by atoms with Crippen LogP contribution in [0.1, 0.15) is 5.56 Å². The van der Waals surface area contributed by atoms with Gasteiger partial charge in [-0.3, -0.25) is 4.79 Å². The van der Waals surface area contributed by atoms with Gasteiger partial charge in [-0.1, -0.05) is 42.5 Å². The molecule has 0 aliphatic rings. The number of aromatic nitrogens is 2. The topological polar surface area (TPSA) is 59.4 Å². The maximum absolute atomic E-state index is 12.8. The summed E-state index contributed by atoms with van der Waals surface area (Å²) in [6, 6.07) is 17.2. The Labute approximate surface area is 162 Å². The van der Waals surface area contributed by atoms with Crippen LogP contribution in [0, 0.1) is 4.77 Å². The molecule has 0 amide bonds. The Hall–Kier alpha value is -3.39. The van der Waals surface area contributed by atoms with E-state index < -0.39 is 12.2 Å². The summed E-state index contributed by atoms with van der Waals surface area (Å²) < 4.78 is 31.4. The average molecular weight is 397 g/mol. The van der Waals surface area contributed by atoms with Crippen molar-refractivity contribution < 1.29 is 13.5 Å². The molecule has 0 atom stereocenters. The number of alkyl halides is 2. The Morgan fingerprint density at radius 1 is 1.04 bits per heavy atom. The van der Waals surface area contributed by atoms with Crippen molar-refractivity contribution in [2.45, 2.75) is 6.61 Å². The molecule has 0 aliphatic heterocycles. The maximum atomic E-state index is 12.8. The molecular weight excluding hydrogens is 384 g/mol. The first kappa shape index (κ1) is 18.0. The van der Waals surface area contributed by atoms with E-state index in [-0.39, 0.29) is 10.5 Å². The van der Waals surface area contributed by atoms with Crippen molar-refractivity contribution in [1.82, 2.24) is 9.66 Å². The summed E-state index contributed by atoms with van der Waals surface area (Å²) >= 11 is 5.22. The van der Waals surface area contributed by atoms with E-state index in [2.05, 4.69) is 14.8 Å². The minimum absolute atomic E-state index is 0.0406. The van der Waals surface area contributed by atoms with E-state index in [0.717, 1.165) is 10.1 Å². The molecular formula is C20H13F2N3O2S. The number of nitrogens with zero attached hydrogens (tertiary/aromatic N) is 2. The molecule has 0 unspecified atom stereocenters. The minimum Gasteiger partial charge on any atom is -0.434 e. The molecule has 0 saturated carbocycles. The smallest absolute Gasteiger partial charge is 0.387 e. The lowest BCUT2D eigenvalue weighted by atomic mass is 10.0. The molecule has 5 nitrogen and oxygen atoms in total. The number of benzene rings is 3. The number of hydrogen-bond donors (Lipinski definition) is 1. The number of ether oxygens (including phenoxy) is 1. The molecule has 4 rings (SSSR count). The van der Waals surface area contributed by atoms with Gasteiger partial charge in [0.15, 0.2) is 0 Å². The number of hydrogen-bond acceptors (Lipinski definition) is 4. The van der Waals surface area contributed by atoms with Gasteiger partial charge in [0, 0.05) is 5.56 Å². The minimum atomic E-state index is -2.99. The van der Waals surface area contributed by atoms with Gasteiger partial charge >= 0.3 is 6.61 Å². The molecule has 0 aliphatic carbocycles. The quantitative estimate of drug-likeness (QED) is 0.401. The van der Waals surface area contributed by atoms with Gasteiger partial charge in [-0.15, -0.1) is 0 Å². The first-order valence-electron chi connectivity index (χ1n) is 8.29. The molecule has 0 bridgehead atoms. The number of rotatable bonds is 4. The molecule has 0 spiro atoms. The number of para-hydroxylation sites is 1. The lowest BCUT2D eigenvalue weighted by Gasteiger charge is -2.11. The van der Waals surface area contributed by atoms with Crippen molar-refractivity contribution in [3.05, 3.63) is 81.4 Å². The Balaban J connectivity index is 1.91. The third-order valence-corrected chi connectivity index (χ3v) is 4.51. The lowest BCUT2D eigenvalue weighted by molar-refractivity contribution is -0.0498. The summed E-state index contributed by atoms with van der Waals surface area (Å²) in [5, 5.41) is 6.06. The van der Waals surface area contributed by atoms with Crippen molar-refractivity contribution in [3.63, 3.8) is 0 Å². The van der Waals surface area contributed by atoms with E-state index >= 15 is 0 Å². The van der Waals surface area contributed by atoms with Gasteiger partial charge in [-0.25, -0.2) is 0 Å². The molecule has 0 fully saturated rings. The Kier molecular flexibility index (Phi) is 4.70. The summed E-state index contributed by atoms with van der Waals surface area (Å²) in [5.74, 6) is -0.0406. The third-order valence-electron chi connectivity index (χ3n) is 4.23. The second-order valence-corrected chi connectivity index (χ2v) is 6.30. The maximum Gasteiger partial charge on any atom is 0.387 e. The van der Waals surface area contributed by atoms with E-state index in [1.807, 2.05) is 12.1 Å². The predicted octanol–water partition coefficient (Wildman–Crippen LogP) is 4.70. The molecule has 0 saturated heterocycles. The van der Waals surface area contributed by atoms with E-state index in [9.17, 15) is 13.6 Å². The van der Waals surface area contributed by atoms with Crippen LogP contribution in [0.5, 0.6) is 5.75 Å². The third kappa shape index (κ3) is 3.29. The van der Waals surface area contributed by atoms with Crippen molar-refractivity contribution in [2.75, 3.05) is 0 Å². The standard InChI is InChI=1S/C20H13F2N3O2S/c21-19(22)27-17-10-9-12-5-1-2-6-13(12)15(17)11-23-25-18(26)14-7-3-4-8-16(14)24-20(25)28/h1-11,19H,(H,24,28). The van der Waals surface area contributed by atoms with Gasteiger partial charge in [0.25, 0.3) is 5.56 Å². The van der Waals surface area contributed by atoms with E-state index in [4.69, 9.17) is 12.2 Å². The number of H-pyrrole nitrogens is 1. The number of nitrogens with one attached hydrogen (secondary N) is 1. The fraction of sp³-hybridized carbons (Fsp3) is 0.0500. The Morgan fingerprint density at radius 2 is 1.75 bits per heavy atom. The highest BCUT2D eigenvalue weighted by atomic mass is 32.1. The highest BCUT2D eigenvalue weighted by molar-refractivity contribution is 7.71. The number of fused-ring (bicyclic) bond motifs is 2. The second kappa shape index (κ2) is 7.32. The molecule has 3 aromatic carbocycles. The van der Waals surface area contributed by atoms with Crippen molar-refractivity contribution in [3.8, 4) is 5.75 Å². The van der Waals surface area contributed by atoms with Crippen LogP contribution >= 0.6 is 12.2 Å². The van der Waals surface area contributed by atoms with Crippen molar-refractivity contribution >= 4 is 40.1 Å². The summed E-state index contributed by atoms with van der Waals surface area (Å²) in [7, 11) is 0. The zero-order valence-electron chi connectivity index (χ0n) is 14.3. The first-order chi connectivity index (χ1) is 13.5. The molecule has 1 heterocycles. The Morgan fingerprint density at radius 3 is 2.54 bits per heavy atom. The van der Waals surface area contributed by atoms with Crippen LogP contribution in [-0.4, -0.2) is 22.5 Å². The number of halogens is 2. The molecule has 4 aromatic rings. The molecule has 140 valence electrons. The zero-order chi connectivity index (χ0) is 19.7. The molecule has 1 N–H and O–H groups in total. The molecule has 8 heteroatoms. The second-order valence-electron chi connectivity index (χ2n) is 5.91. The fourth-order valence-electron chi connectivity index (χ4n) is 2.98. The van der Waals surface area contributed by atoms with Crippen LogP contribution in [0.4, 0.5) is 8.78 Å². The van der Waals surface area contributed by atoms with Crippen LogP contribution in [0.15, 0.2) is 70.6 Å². The van der Waals surface area contributed by atoms with Gasteiger partial charge < -0.3 is 9.72 Å².